The molecular formula is C11H14N2. The van der Waals surface area contributed by atoms with E-state index in [2.05, 4.69) is 18.2 Å². The van der Waals surface area contributed by atoms with Crippen LogP contribution < -0.4 is 11.5 Å². The minimum Gasteiger partial charge on any atom is -0.397 e. The smallest absolute Gasteiger partial charge is 0.0550 e. The van der Waals surface area contributed by atoms with Crippen molar-refractivity contribution in [3.05, 3.63) is 35.9 Å². The zero-order valence-corrected chi connectivity index (χ0v) is 7.53. The van der Waals surface area contributed by atoms with Gasteiger partial charge in [0.05, 0.1) is 11.4 Å². The zero-order chi connectivity index (χ0) is 9.26. The molecule has 1 aromatic rings. The molecule has 0 amide bonds. The van der Waals surface area contributed by atoms with E-state index < -0.39 is 0 Å². The zero-order valence-electron chi connectivity index (χ0n) is 7.53. The molecule has 2 nitrogen and oxygen atoms in total. The molecule has 13 heavy (non-hydrogen) atoms. The Labute approximate surface area is 78.2 Å². The van der Waals surface area contributed by atoms with Crippen molar-refractivity contribution < 1.29 is 0 Å². The van der Waals surface area contributed by atoms with Gasteiger partial charge in [-0.15, -0.1) is 0 Å². The summed E-state index contributed by atoms with van der Waals surface area (Å²) < 4.78 is 0. The number of nitrogens with two attached hydrogens (primary N) is 2. The van der Waals surface area contributed by atoms with E-state index in [1.54, 1.807) is 0 Å². The van der Waals surface area contributed by atoms with Crippen molar-refractivity contribution in [2.24, 2.45) is 0 Å². The van der Waals surface area contributed by atoms with Crippen molar-refractivity contribution >= 4 is 11.4 Å². The van der Waals surface area contributed by atoms with E-state index in [1.807, 2.05) is 12.1 Å². The summed E-state index contributed by atoms with van der Waals surface area (Å²) in [5.74, 6) is 0.544. The second kappa shape index (κ2) is 3.13. The summed E-state index contributed by atoms with van der Waals surface area (Å²) >= 11 is 0. The Morgan fingerprint density at radius 2 is 2.00 bits per heavy atom. The van der Waals surface area contributed by atoms with Gasteiger partial charge in [-0.25, -0.2) is 0 Å². The lowest BCUT2D eigenvalue weighted by atomic mass is 9.98. The molecule has 0 aromatic heterocycles. The minimum atomic E-state index is 0.544. The van der Waals surface area contributed by atoms with Crippen molar-refractivity contribution in [1.82, 2.24) is 0 Å². The molecule has 1 aliphatic carbocycles. The lowest BCUT2D eigenvalue weighted by Gasteiger charge is -2.09. The molecule has 0 saturated heterocycles. The number of allylic oxidation sites excluding steroid dienone is 2. The second-order valence-corrected chi connectivity index (χ2v) is 3.50. The van der Waals surface area contributed by atoms with E-state index in [-0.39, 0.29) is 0 Å². The van der Waals surface area contributed by atoms with Crippen LogP contribution in [0.3, 0.4) is 0 Å². The van der Waals surface area contributed by atoms with E-state index in [9.17, 15) is 0 Å². The van der Waals surface area contributed by atoms with Gasteiger partial charge in [-0.1, -0.05) is 18.2 Å². The van der Waals surface area contributed by atoms with Crippen molar-refractivity contribution in [2.75, 3.05) is 11.5 Å². The van der Waals surface area contributed by atoms with E-state index in [4.69, 9.17) is 11.5 Å². The SMILES string of the molecule is Nc1ccc(C2C=CCC2)cc1N. The van der Waals surface area contributed by atoms with Crippen LogP contribution in [0.4, 0.5) is 11.4 Å². The molecule has 1 aromatic carbocycles. The molecule has 68 valence electrons. The maximum Gasteiger partial charge on any atom is 0.0550 e. The van der Waals surface area contributed by atoms with E-state index >= 15 is 0 Å². The summed E-state index contributed by atoms with van der Waals surface area (Å²) in [4.78, 5) is 0. The first-order chi connectivity index (χ1) is 6.27. The van der Waals surface area contributed by atoms with Gasteiger partial charge in [0.15, 0.2) is 0 Å². The molecule has 0 heterocycles. The number of hydrogen-bond acceptors (Lipinski definition) is 2. The monoisotopic (exact) mass is 174 g/mol. The topological polar surface area (TPSA) is 52.0 Å². The van der Waals surface area contributed by atoms with Crippen LogP contribution >= 0.6 is 0 Å². The van der Waals surface area contributed by atoms with Crippen LogP contribution in [0.2, 0.25) is 0 Å². The molecule has 1 atom stereocenters. The van der Waals surface area contributed by atoms with Gasteiger partial charge in [0.25, 0.3) is 0 Å². The van der Waals surface area contributed by atoms with Crippen LogP contribution in [0.1, 0.15) is 24.3 Å². The van der Waals surface area contributed by atoms with Gasteiger partial charge in [0, 0.05) is 5.92 Å². The molecular weight excluding hydrogens is 160 g/mol. The molecule has 1 unspecified atom stereocenters. The summed E-state index contributed by atoms with van der Waals surface area (Å²) in [6.07, 6.45) is 6.83. The highest BCUT2D eigenvalue weighted by Gasteiger charge is 2.11. The summed E-state index contributed by atoms with van der Waals surface area (Å²) in [5, 5.41) is 0. The summed E-state index contributed by atoms with van der Waals surface area (Å²) in [7, 11) is 0. The standard InChI is InChI=1S/C11H14N2/c12-10-6-5-9(7-11(10)13)8-3-1-2-4-8/h1,3,5-8H,2,4,12-13H2. The highest BCUT2D eigenvalue weighted by atomic mass is 14.7. The van der Waals surface area contributed by atoms with Gasteiger partial charge in [0.2, 0.25) is 0 Å². The van der Waals surface area contributed by atoms with Crippen molar-refractivity contribution in [3.8, 4) is 0 Å². The fourth-order valence-corrected chi connectivity index (χ4v) is 1.73. The minimum absolute atomic E-state index is 0.544. The molecule has 4 N–H and O–H groups in total. The average molecular weight is 174 g/mol. The highest BCUT2D eigenvalue weighted by molar-refractivity contribution is 5.64. The predicted molar refractivity (Wildman–Crippen MR) is 56.4 cm³/mol. The third-order valence-corrected chi connectivity index (χ3v) is 2.55. The summed E-state index contributed by atoms with van der Waals surface area (Å²) in [6, 6.07) is 5.93. The Morgan fingerprint density at radius 1 is 1.15 bits per heavy atom. The van der Waals surface area contributed by atoms with Crippen LogP contribution in [-0.2, 0) is 0 Å². The van der Waals surface area contributed by atoms with Gasteiger partial charge in [-0.2, -0.15) is 0 Å². The lowest BCUT2D eigenvalue weighted by Crippen LogP contribution is -1.98. The van der Waals surface area contributed by atoms with Crippen LogP contribution in [0.15, 0.2) is 30.4 Å². The largest absolute Gasteiger partial charge is 0.397 e. The maximum absolute atomic E-state index is 5.74. The fraction of sp³-hybridized carbons (Fsp3) is 0.273. The third-order valence-electron chi connectivity index (χ3n) is 2.55. The fourth-order valence-electron chi connectivity index (χ4n) is 1.73. The van der Waals surface area contributed by atoms with E-state index in [1.165, 1.54) is 18.4 Å². The Balaban J connectivity index is 2.30. The molecule has 0 fully saturated rings. The van der Waals surface area contributed by atoms with E-state index in [0.717, 1.165) is 0 Å². The number of nitrogen functional groups attached to an aromatic ring is 2. The third kappa shape index (κ3) is 1.52. The Bertz CT molecular complexity index is 342. The van der Waals surface area contributed by atoms with Gasteiger partial charge in [0.1, 0.15) is 0 Å². The molecule has 2 heteroatoms. The van der Waals surface area contributed by atoms with E-state index in [0.29, 0.717) is 17.3 Å². The molecule has 0 radical (unpaired) electrons. The van der Waals surface area contributed by atoms with Crippen molar-refractivity contribution in [3.63, 3.8) is 0 Å². The Hall–Kier alpha value is -1.44. The van der Waals surface area contributed by atoms with Gasteiger partial charge < -0.3 is 11.5 Å². The number of benzene rings is 1. The van der Waals surface area contributed by atoms with Gasteiger partial charge in [-0.05, 0) is 30.5 Å². The first-order valence-corrected chi connectivity index (χ1v) is 4.59. The average Bonchev–Trinajstić information content (AvgIpc) is 2.62. The molecule has 1 aliphatic rings. The van der Waals surface area contributed by atoms with Gasteiger partial charge >= 0.3 is 0 Å². The molecule has 0 aliphatic heterocycles. The quantitative estimate of drug-likeness (QED) is 0.507. The number of rotatable bonds is 1. The number of hydrogen-bond donors (Lipinski definition) is 2. The van der Waals surface area contributed by atoms with Crippen LogP contribution in [0.5, 0.6) is 0 Å². The Kier molecular flexibility index (Phi) is 1.97. The first kappa shape index (κ1) is 8.17. The van der Waals surface area contributed by atoms with Gasteiger partial charge in [-0.3, -0.25) is 0 Å². The summed E-state index contributed by atoms with van der Waals surface area (Å²) in [5.41, 5.74) is 14.0. The van der Waals surface area contributed by atoms with Crippen molar-refractivity contribution in [1.29, 1.82) is 0 Å². The molecule has 0 saturated carbocycles. The van der Waals surface area contributed by atoms with Crippen molar-refractivity contribution in [2.45, 2.75) is 18.8 Å². The number of anilines is 2. The second-order valence-electron chi connectivity index (χ2n) is 3.50. The normalized spacial score (nSPS) is 20.8. The predicted octanol–water partition coefficient (Wildman–Crippen LogP) is 2.28. The lowest BCUT2D eigenvalue weighted by molar-refractivity contribution is 0.801. The van der Waals surface area contributed by atoms with Crippen LogP contribution in [-0.4, -0.2) is 0 Å². The van der Waals surface area contributed by atoms with Crippen LogP contribution in [0.25, 0.3) is 0 Å². The maximum atomic E-state index is 5.74. The highest BCUT2D eigenvalue weighted by Crippen LogP contribution is 2.30. The first-order valence-electron chi connectivity index (χ1n) is 4.59. The molecule has 0 bridgehead atoms. The Morgan fingerprint density at radius 3 is 2.62 bits per heavy atom. The van der Waals surface area contributed by atoms with Crippen LogP contribution in [0, 0.1) is 0 Å². The molecule has 2 rings (SSSR count). The summed E-state index contributed by atoms with van der Waals surface area (Å²) in [6.45, 7) is 0. The molecule has 0 spiro atoms.